The van der Waals surface area contributed by atoms with Crippen LogP contribution in [0.2, 0.25) is 5.02 Å². The van der Waals surface area contributed by atoms with Gasteiger partial charge in [0.25, 0.3) is 5.91 Å². The number of rotatable bonds is 6. The van der Waals surface area contributed by atoms with Gasteiger partial charge in [0.15, 0.2) is 0 Å². The molecule has 1 aromatic heterocycles. The summed E-state index contributed by atoms with van der Waals surface area (Å²) in [6.07, 6.45) is -3.33. The fourth-order valence-corrected chi connectivity index (χ4v) is 3.57. The molecule has 0 aliphatic heterocycles. The number of nitrogens with one attached hydrogen (secondary N) is 1. The van der Waals surface area contributed by atoms with Crippen LogP contribution in [0.3, 0.4) is 0 Å². The molecule has 3 aromatic rings. The number of nitrogens with zero attached hydrogens (tertiary/aromatic N) is 1. The van der Waals surface area contributed by atoms with E-state index in [1.165, 1.54) is 42.7 Å². The van der Waals surface area contributed by atoms with Crippen molar-refractivity contribution in [1.82, 2.24) is 10.3 Å². The number of halogens is 4. The van der Waals surface area contributed by atoms with Gasteiger partial charge in [0, 0.05) is 39.1 Å². The van der Waals surface area contributed by atoms with Crippen molar-refractivity contribution in [2.45, 2.75) is 17.8 Å². The molecular formula is C21H16ClF3N2O3S. The van der Waals surface area contributed by atoms with Crippen LogP contribution in [0.5, 0.6) is 5.75 Å². The zero-order chi connectivity index (χ0) is 22.6. The van der Waals surface area contributed by atoms with Gasteiger partial charge in [-0.2, -0.15) is 0 Å². The van der Waals surface area contributed by atoms with Crippen LogP contribution in [0, 0.1) is 0 Å². The lowest BCUT2D eigenvalue weighted by molar-refractivity contribution is -0.274. The van der Waals surface area contributed by atoms with E-state index in [0.717, 1.165) is 0 Å². The average molecular weight is 469 g/mol. The lowest BCUT2D eigenvalue weighted by Crippen LogP contribution is -2.24. The fraction of sp³-hybridized carbons (Fsp3) is 0.143. The third-order valence-corrected chi connectivity index (χ3v) is 5.44. The minimum Gasteiger partial charge on any atom is -0.405 e. The number of amides is 1. The van der Waals surface area contributed by atoms with Crippen LogP contribution in [0.15, 0.2) is 65.6 Å². The zero-order valence-electron chi connectivity index (χ0n) is 16.1. The zero-order valence-corrected chi connectivity index (χ0v) is 17.6. The van der Waals surface area contributed by atoms with Gasteiger partial charge < -0.3 is 10.1 Å². The second-order valence-electron chi connectivity index (χ2n) is 6.34. The van der Waals surface area contributed by atoms with Crippen LogP contribution in [0.4, 0.5) is 13.2 Å². The molecule has 0 saturated carbocycles. The summed E-state index contributed by atoms with van der Waals surface area (Å²) in [5.74, 6) is -0.949. The maximum Gasteiger partial charge on any atom is 0.573 e. The molecule has 2 aromatic carbocycles. The number of carbonyl (C=O) groups is 1. The molecule has 0 aliphatic carbocycles. The van der Waals surface area contributed by atoms with E-state index in [-0.39, 0.29) is 23.5 Å². The predicted octanol–water partition coefficient (Wildman–Crippen LogP) is 4.97. The minimum atomic E-state index is -4.86. The first kappa shape index (κ1) is 22.8. The summed E-state index contributed by atoms with van der Waals surface area (Å²) in [7, 11) is -1.18. The second kappa shape index (κ2) is 9.49. The number of pyridine rings is 1. The molecule has 3 rings (SSSR count). The first-order valence-electron chi connectivity index (χ1n) is 8.86. The molecule has 0 fully saturated rings. The van der Waals surface area contributed by atoms with Crippen LogP contribution >= 0.6 is 11.6 Å². The molecule has 0 aliphatic rings. The molecule has 1 N–H and O–H groups in total. The SMILES string of the molecule is CS(=O)c1ccc(CNC(=O)c2cccc(-c3ccccc3OC(F)(F)F)n2)c(Cl)c1. The molecular weight excluding hydrogens is 453 g/mol. The highest BCUT2D eigenvalue weighted by Gasteiger charge is 2.32. The monoisotopic (exact) mass is 468 g/mol. The van der Waals surface area contributed by atoms with E-state index in [2.05, 4.69) is 15.0 Å². The first-order chi connectivity index (χ1) is 14.6. The summed E-state index contributed by atoms with van der Waals surface area (Å²) < 4.78 is 53.6. The molecule has 10 heteroatoms. The molecule has 0 bridgehead atoms. The molecule has 5 nitrogen and oxygen atoms in total. The van der Waals surface area contributed by atoms with Gasteiger partial charge in [0.1, 0.15) is 11.4 Å². The molecule has 0 spiro atoms. The van der Waals surface area contributed by atoms with Gasteiger partial charge in [-0.15, -0.1) is 13.2 Å². The molecule has 0 radical (unpaired) electrons. The average Bonchev–Trinajstić information content (AvgIpc) is 2.72. The van der Waals surface area contributed by atoms with Crippen LogP contribution in [-0.2, 0) is 17.3 Å². The molecule has 162 valence electrons. The number of benzene rings is 2. The highest BCUT2D eigenvalue weighted by Crippen LogP contribution is 2.32. The number of ether oxygens (including phenoxy) is 1. The van der Waals surface area contributed by atoms with Gasteiger partial charge in [-0.1, -0.05) is 35.9 Å². The molecule has 0 saturated heterocycles. The van der Waals surface area contributed by atoms with E-state index in [9.17, 15) is 22.2 Å². The number of alkyl halides is 3. The molecule has 31 heavy (non-hydrogen) atoms. The lowest BCUT2D eigenvalue weighted by Gasteiger charge is -2.13. The summed E-state index contributed by atoms with van der Waals surface area (Å²) in [6.45, 7) is 0.0912. The van der Waals surface area contributed by atoms with Gasteiger partial charge in [-0.25, -0.2) is 4.98 Å². The lowest BCUT2D eigenvalue weighted by atomic mass is 10.1. The van der Waals surface area contributed by atoms with E-state index < -0.39 is 28.8 Å². The quantitative estimate of drug-likeness (QED) is 0.554. The standard InChI is InChI=1S/C21H16ClF3N2O3S/c1-31(29)14-10-9-13(16(22)11-14)12-26-20(28)18-7-4-6-17(27-18)15-5-2-3-8-19(15)30-21(23,24)25/h2-11H,12H2,1H3,(H,26,28). The third-order valence-electron chi connectivity index (χ3n) is 4.17. The summed E-state index contributed by atoms with van der Waals surface area (Å²) in [5.41, 5.74) is 0.881. The number of para-hydroxylation sites is 1. The van der Waals surface area contributed by atoms with Crippen molar-refractivity contribution in [1.29, 1.82) is 0 Å². The fourth-order valence-electron chi connectivity index (χ4n) is 2.72. The summed E-state index contributed by atoms with van der Waals surface area (Å²) in [5, 5.41) is 3.02. The summed E-state index contributed by atoms with van der Waals surface area (Å²) >= 11 is 6.17. The van der Waals surface area contributed by atoms with Crippen molar-refractivity contribution >= 4 is 28.3 Å². The molecule has 1 heterocycles. The summed E-state index contributed by atoms with van der Waals surface area (Å²) in [4.78, 5) is 17.3. The minimum absolute atomic E-state index is 0.0155. The highest BCUT2D eigenvalue weighted by molar-refractivity contribution is 7.84. The Labute approximate surface area is 183 Å². The van der Waals surface area contributed by atoms with Crippen molar-refractivity contribution < 1.29 is 26.9 Å². The van der Waals surface area contributed by atoms with Crippen LogP contribution in [0.25, 0.3) is 11.3 Å². The Morgan fingerprint density at radius 2 is 1.87 bits per heavy atom. The van der Waals surface area contributed by atoms with Crippen molar-refractivity contribution in [3.05, 3.63) is 76.9 Å². The Hall–Kier alpha value is -2.91. The van der Waals surface area contributed by atoms with Gasteiger partial charge in [0.2, 0.25) is 0 Å². The molecule has 1 amide bonds. The van der Waals surface area contributed by atoms with Crippen LogP contribution in [0.1, 0.15) is 16.1 Å². The van der Waals surface area contributed by atoms with E-state index in [4.69, 9.17) is 11.6 Å². The Morgan fingerprint density at radius 3 is 2.55 bits per heavy atom. The van der Waals surface area contributed by atoms with E-state index >= 15 is 0 Å². The number of hydrogen-bond acceptors (Lipinski definition) is 4. The van der Waals surface area contributed by atoms with Gasteiger partial charge in [-0.05, 0) is 42.0 Å². The van der Waals surface area contributed by atoms with Gasteiger partial charge in [0.05, 0.1) is 5.69 Å². The van der Waals surface area contributed by atoms with E-state index in [1.807, 2.05) is 0 Å². The Morgan fingerprint density at radius 1 is 1.13 bits per heavy atom. The third kappa shape index (κ3) is 6.05. The second-order valence-corrected chi connectivity index (χ2v) is 8.13. The maximum absolute atomic E-state index is 12.7. The van der Waals surface area contributed by atoms with Crippen LogP contribution < -0.4 is 10.1 Å². The number of aromatic nitrogens is 1. The first-order valence-corrected chi connectivity index (χ1v) is 10.8. The molecule has 1 atom stereocenters. The van der Waals surface area contributed by atoms with Gasteiger partial charge in [-0.3, -0.25) is 9.00 Å². The molecule has 1 unspecified atom stereocenters. The maximum atomic E-state index is 12.7. The predicted molar refractivity (Wildman–Crippen MR) is 111 cm³/mol. The van der Waals surface area contributed by atoms with E-state index in [0.29, 0.717) is 15.5 Å². The normalized spacial score (nSPS) is 12.3. The Kier molecular flexibility index (Phi) is 6.97. The van der Waals surface area contributed by atoms with Crippen molar-refractivity contribution in [2.24, 2.45) is 0 Å². The van der Waals surface area contributed by atoms with Crippen LogP contribution in [-0.4, -0.2) is 27.7 Å². The van der Waals surface area contributed by atoms with Gasteiger partial charge >= 0.3 is 6.36 Å². The Bertz CT molecular complexity index is 1140. The van der Waals surface area contributed by atoms with Crippen molar-refractivity contribution in [3.63, 3.8) is 0 Å². The number of carbonyl (C=O) groups excluding carboxylic acids is 1. The summed E-state index contributed by atoms with van der Waals surface area (Å²) in [6, 6.07) is 14.9. The van der Waals surface area contributed by atoms with Crippen molar-refractivity contribution in [2.75, 3.05) is 6.26 Å². The highest BCUT2D eigenvalue weighted by atomic mass is 35.5. The Balaban J connectivity index is 1.78. The largest absolute Gasteiger partial charge is 0.573 e. The topological polar surface area (TPSA) is 68.3 Å². The van der Waals surface area contributed by atoms with E-state index in [1.54, 1.807) is 24.3 Å². The number of hydrogen-bond donors (Lipinski definition) is 1. The smallest absolute Gasteiger partial charge is 0.405 e. The van der Waals surface area contributed by atoms with Crippen molar-refractivity contribution in [3.8, 4) is 17.0 Å².